The second-order valence-electron chi connectivity index (χ2n) is 3.91. The molecule has 1 aromatic heterocycles. The summed E-state index contributed by atoms with van der Waals surface area (Å²) < 4.78 is 4.62. The average Bonchev–Trinajstić information content (AvgIpc) is 2.30. The topological polar surface area (TPSA) is 59.2 Å². The largest absolute Gasteiger partial charge is 0.469 e. The number of hydrogen-bond donors (Lipinski definition) is 1. The van der Waals surface area contributed by atoms with E-state index in [1.54, 1.807) is 0 Å². The molecule has 0 aliphatic carbocycles. The molecule has 0 saturated heterocycles. The van der Waals surface area contributed by atoms with Crippen molar-refractivity contribution >= 4 is 16.9 Å². The van der Waals surface area contributed by atoms with Gasteiger partial charge >= 0.3 is 5.97 Å². The predicted molar refractivity (Wildman–Crippen MR) is 65.0 cm³/mol. The number of benzene rings is 1. The number of hydrogen-bond acceptors (Lipinski definition) is 3. The Hall–Kier alpha value is -2.10. The number of esters is 1. The number of methoxy groups -OCH3 is 1. The average molecular weight is 231 g/mol. The van der Waals surface area contributed by atoms with Crippen molar-refractivity contribution in [2.24, 2.45) is 0 Å². The minimum atomic E-state index is -0.349. The summed E-state index contributed by atoms with van der Waals surface area (Å²) >= 11 is 0. The second kappa shape index (κ2) is 4.41. The van der Waals surface area contributed by atoms with E-state index in [2.05, 4.69) is 9.72 Å². The highest BCUT2D eigenvalue weighted by atomic mass is 16.5. The van der Waals surface area contributed by atoms with Gasteiger partial charge in [0.25, 0.3) is 0 Å². The Morgan fingerprint density at radius 2 is 2.18 bits per heavy atom. The number of carbonyl (C=O) groups is 1. The number of ether oxygens (including phenoxy) is 1. The molecule has 0 saturated carbocycles. The number of rotatable bonds is 2. The number of pyridine rings is 1. The number of H-pyrrole nitrogens is 1. The van der Waals surface area contributed by atoms with E-state index in [4.69, 9.17) is 0 Å². The van der Waals surface area contributed by atoms with Gasteiger partial charge in [0.05, 0.1) is 19.0 Å². The van der Waals surface area contributed by atoms with Gasteiger partial charge in [-0.15, -0.1) is 0 Å². The SMILES string of the molecule is COC(=O)Cc1cc(=O)[nH]c2c(C)cccc12. The lowest BCUT2D eigenvalue weighted by Gasteiger charge is -2.06. The predicted octanol–water partition coefficient (Wildman–Crippen LogP) is 1.55. The van der Waals surface area contributed by atoms with Crippen LogP contribution in [-0.4, -0.2) is 18.1 Å². The summed E-state index contributed by atoms with van der Waals surface area (Å²) in [6, 6.07) is 7.15. The zero-order valence-corrected chi connectivity index (χ0v) is 9.74. The maximum atomic E-state index is 11.5. The molecule has 2 rings (SSSR count). The van der Waals surface area contributed by atoms with Gasteiger partial charge in [-0.2, -0.15) is 0 Å². The minimum absolute atomic E-state index is 0.111. The minimum Gasteiger partial charge on any atom is -0.469 e. The molecule has 0 amide bonds. The van der Waals surface area contributed by atoms with Crippen LogP contribution in [0.5, 0.6) is 0 Å². The van der Waals surface area contributed by atoms with Gasteiger partial charge in [-0.05, 0) is 18.1 Å². The third-order valence-corrected chi connectivity index (χ3v) is 2.73. The molecule has 0 aliphatic heterocycles. The van der Waals surface area contributed by atoms with Crippen LogP contribution in [-0.2, 0) is 16.0 Å². The zero-order chi connectivity index (χ0) is 12.4. The lowest BCUT2D eigenvalue weighted by Crippen LogP contribution is -2.11. The molecule has 2 aromatic rings. The van der Waals surface area contributed by atoms with Crippen LogP contribution < -0.4 is 5.56 Å². The molecule has 0 radical (unpaired) electrons. The third kappa shape index (κ3) is 2.20. The van der Waals surface area contributed by atoms with E-state index in [9.17, 15) is 9.59 Å². The van der Waals surface area contributed by atoms with Crippen molar-refractivity contribution in [3.05, 3.63) is 45.7 Å². The Kier molecular flexibility index (Phi) is 2.95. The first-order valence-corrected chi connectivity index (χ1v) is 5.30. The second-order valence-corrected chi connectivity index (χ2v) is 3.91. The number of aromatic amines is 1. The maximum absolute atomic E-state index is 11.5. The molecule has 88 valence electrons. The Bertz CT molecular complexity index is 628. The van der Waals surface area contributed by atoms with Gasteiger partial charge in [-0.25, -0.2) is 0 Å². The highest BCUT2D eigenvalue weighted by Gasteiger charge is 2.09. The van der Waals surface area contributed by atoms with Gasteiger partial charge in [0.1, 0.15) is 0 Å². The Labute approximate surface area is 98.2 Å². The zero-order valence-electron chi connectivity index (χ0n) is 9.74. The molecule has 0 aliphatic rings. The molecule has 0 unspecified atom stereocenters. The van der Waals surface area contributed by atoms with E-state index >= 15 is 0 Å². The van der Waals surface area contributed by atoms with E-state index in [1.165, 1.54) is 13.2 Å². The van der Waals surface area contributed by atoms with Crippen LogP contribution >= 0.6 is 0 Å². The van der Waals surface area contributed by atoms with Crippen LogP contribution in [0.1, 0.15) is 11.1 Å². The molecule has 1 heterocycles. The first-order chi connectivity index (χ1) is 8.11. The number of fused-ring (bicyclic) bond motifs is 1. The number of aryl methyl sites for hydroxylation is 1. The third-order valence-electron chi connectivity index (χ3n) is 2.73. The van der Waals surface area contributed by atoms with Crippen molar-refractivity contribution in [3.63, 3.8) is 0 Å². The molecular formula is C13H13NO3. The molecule has 0 atom stereocenters. The Morgan fingerprint density at radius 1 is 1.41 bits per heavy atom. The molecule has 4 nitrogen and oxygen atoms in total. The molecular weight excluding hydrogens is 218 g/mol. The van der Waals surface area contributed by atoms with E-state index in [0.29, 0.717) is 5.56 Å². The monoisotopic (exact) mass is 231 g/mol. The fourth-order valence-corrected chi connectivity index (χ4v) is 1.87. The van der Waals surface area contributed by atoms with Gasteiger partial charge < -0.3 is 9.72 Å². The number of nitrogens with one attached hydrogen (secondary N) is 1. The number of carbonyl (C=O) groups excluding carboxylic acids is 1. The van der Waals surface area contributed by atoms with Crippen molar-refractivity contribution in [2.45, 2.75) is 13.3 Å². The van der Waals surface area contributed by atoms with Crippen LogP contribution in [0.4, 0.5) is 0 Å². The van der Waals surface area contributed by atoms with Crippen LogP contribution in [0.15, 0.2) is 29.1 Å². The quantitative estimate of drug-likeness (QED) is 0.798. The van der Waals surface area contributed by atoms with E-state index in [1.807, 2.05) is 25.1 Å². The molecule has 0 spiro atoms. The lowest BCUT2D eigenvalue weighted by molar-refractivity contribution is -0.139. The Morgan fingerprint density at radius 3 is 2.88 bits per heavy atom. The molecule has 1 N–H and O–H groups in total. The van der Waals surface area contributed by atoms with E-state index < -0.39 is 0 Å². The highest BCUT2D eigenvalue weighted by Crippen LogP contribution is 2.18. The number of para-hydroxylation sites is 1. The van der Waals surface area contributed by atoms with Crippen LogP contribution in [0, 0.1) is 6.92 Å². The van der Waals surface area contributed by atoms with Crippen molar-refractivity contribution in [1.29, 1.82) is 0 Å². The van der Waals surface area contributed by atoms with E-state index in [-0.39, 0.29) is 17.9 Å². The summed E-state index contributed by atoms with van der Waals surface area (Å²) in [5.74, 6) is -0.349. The first kappa shape index (κ1) is 11.4. The van der Waals surface area contributed by atoms with Crippen molar-refractivity contribution in [2.75, 3.05) is 7.11 Å². The molecule has 17 heavy (non-hydrogen) atoms. The van der Waals surface area contributed by atoms with Crippen LogP contribution in [0.2, 0.25) is 0 Å². The summed E-state index contributed by atoms with van der Waals surface area (Å²) in [4.78, 5) is 25.6. The van der Waals surface area contributed by atoms with Crippen LogP contribution in [0.25, 0.3) is 10.9 Å². The molecule has 0 bridgehead atoms. The summed E-state index contributed by atoms with van der Waals surface area (Å²) in [7, 11) is 1.34. The summed E-state index contributed by atoms with van der Waals surface area (Å²) in [5.41, 5.74) is 2.25. The fraction of sp³-hybridized carbons (Fsp3) is 0.231. The molecule has 4 heteroatoms. The Balaban J connectivity index is 2.66. The maximum Gasteiger partial charge on any atom is 0.310 e. The lowest BCUT2D eigenvalue weighted by atomic mass is 10.0. The van der Waals surface area contributed by atoms with Gasteiger partial charge in [0.15, 0.2) is 0 Å². The molecule has 1 aromatic carbocycles. The van der Waals surface area contributed by atoms with Gasteiger partial charge in [-0.1, -0.05) is 18.2 Å². The van der Waals surface area contributed by atoms with Gasteiger partial charge in [-0.3, -0.25) is 9.59 Å². The van der Waals surface area contributed by atoms with Crippen LogP contribution in [0.3, 0.4) is 0 Å². The number of aromatic nitrogens is 1. The molecule has 0 fully saturated rings. The summed E-state index contributed by atoms with van der Waals surface area (Å²) in [5, 5.41) is 0.884. The highest BCUT2D eigenvalue weighted by molar-refractivity contribution is 5.88. The van der Waals surface area contributed by atoms with Crippen molar-refractivity contribution < 1.29 is 9.53 Å². The summed E-state index contributed by atoms with van der Waals surface area (Å²) in [6.45, 7) is 1.92. The fourth-order valence-electron chi connectivity index (χ4n) is 1.87. The van der Waals surface area contributed by atoms with Gasteiger partial charge in [0, 0.05) is 11.5 Å². The first-order valence-electron chi connectivity index (χ1n) is 5.30. The standard InChI is InChI=1S/C13H13NO3/c1-8-4-3-5-10-9(7-12(16)17-2)6-11(15)14-13(8)10/h3-6H,7H2,1-2H3,(H,14,15). The van der Waals surface area contributed by atoms with E-state index in [0.717, 1.165) is 16.5 Å². The van der Waals surface area contributed by atoms with Crippen molar-refractivity contribution in [3.8, 4) is 0 Å². The smallest absolute Gasteiger partial charge is 0.310 e. The van der Waals surface area contributed by atoms with Crippen molar-refractivity contribution in [1.82, 2.24) is 4.98 Å². The summed E-state index contributed by atoms with van der Waals surface area (Å²) in [6.07, 6.45) is 0.111. The van der Waals surface area contributed by atoms with Gasteiger partial charge in [0.2, 0.25) is 5.56 Å². The normalized spacial score (nSPS) is 10.5.